The fourth-order valence-electron chi connectivity index (χ4n) is 6.23. The average Bonchev–Trinajstić information content (AvgIpc) is 3.36. The molecule has 46 heavy (non-hydrogen) atoms. The van der Waals surface area contributed by atoms with Gasteiger partial charge in [-0.3, -0.25) is 0 Å². The summed E-state index contributed by atoms with van der Waals surface area (Å²) in [7, 11) is 0. The van der Waals surface area contributed by atoms with Crippen LogP contribution in [0.5, 0.6) is 11.5 Å². The molecule has 0 heterocycles. The number of hydrogen-bond acceptors (Lipinski definition) is 6. The van der Waals surface area contributed by atoms with E-state index in [0.717, 1.165) is 23.3 Å². The van der Waals surface area contributed by atoms with Gasteiger partial charge in [0.25, 0.3) is 0 Å². The van der Waals surface area contributed by atoms with Crippen molar-refractivity contribution in [3.8, 4) is 22.6 Å². The van der Waals surface area contributed by atoms with Crippen LogP contribution in [0.3, 0.4) is 0 Å². The Hall–Kier alpha value is -5.62. The molecule has 0 spiro atoms. The molecule has 0 N–H and O–H groups in total. The van der Waals surface area contributed by atoms with Crippen molar-refractivity contribution in [2.24, 2.45) is 0 Å². The molecule has 1 aliphatic carbocycles. The smallest absolute Gasteiger partial charge is 0.330 e. The van der Waals surface area contributed by atoms with Gasteiger partial charge in [-0.15, -0.1) is 0 Å². The molecule has 0 aliphatic heterocycles. The van der Waals surface area contributed by atoms with Crippen molar-refractivity contribution in [3.63, 3.8) is 0 Å². The molecular weight excluding hydrogens is 576 g/mol. The lowest BCUT2D eigenvalue weighted by molar-refractivity contribution is -0.139. The molecule has 5 aromatic carbocycles. The third kappa shape index (κ3) is 5.77. The molecule has 6 rings (SSSR count). The molecule has 0 unspecified atom stereocenters. The van der Waals surface area contributed by atoms with E-state index in [2.05, 4.69) is 98.9 Å². The van der Waals surface area contributed by atoms with Crippen molar-refractivity contribution < 1.29 is 28.5 Å². The largest absolute Gasteiger partial charge is 0.490 e. The highest BCUT2D eigenvalue weighted by Gasteiger charge is 2.46. The number of carbonyl (C=O) groups excluding carboxylic acids is 2. The van der Waals surface area contributed by atoms with Crippen LogP contribution in [0.2, 0.25) is 0 Å². The van der Waals surface area contributed by atoms with Crippen molar-refractivity contribution in [1.29, 1.82) is 0 Å². The van der Waals surface area contributed by atoms with E-state index in [-0.39, 0.29) is 26.4 Å². The van der Waals surface area contributed by atoms with E-state index in [4.69, 9.17) is 18.9 Å². The van der Waals surface area contributed by atoms with Gasteiger partial charge in [0.1, 0.15) is 37.9 Å². The number of aryl methyl sites for hydroxylation is 1. The van der Waals surface area contributed by atoms with E-state index in [1.54, 1.807) is 0 Å². The lowest BCUT2D eigenvalue weighted by Gasteiger charge is -2.34. The van der Waals surface area contributed by atoms with Gasteiger partial charge in [-0.1, -0.05) is 85.5 Å². The Bertz CT molecular complexity index is 1850. The Morgan fingerprint density at radius 1 is 0.609 bits per heavy atom. The summed E-state index contributed by atoms with van der Waals surface area (Å²) < 4.78 is 21.9. The van der Waals surface area contributed by atoms with Gasteiger partial charge in [-0.05, 0) is 87.5 Å². The molecule has 230 valence electrons. The predicted molar refractivity (Wildman–Crippen MR) is 179 cm³/mol. The van der Waals surface area contributed by atoms with E-state index in [1.165, 1.54) is 38.6 Å². The maximum atomic E-state index is 11.4. The molecule has 6 nitrogen and oxygen atoms in total. The lowest BCUT2D eigenvalue weighted by atomic mass is 9.67. The molecular formula is C40H34O6. The minimum absolute atomic E-state index is 0.134. The SMILES string of the molecule is C=CC(=O)OCCOc1ccc(C2(c3ccc(OCCOC(=O)C=C)cc3)c3cc(C)ccc3-c3cc4ccccc4cc32)cc1. The number of ether oxygens (including phenoxy) is 4. The molecule has 0 bridgehead atoms. The molecule has 0 fully saturated rings. The summed E-state index contributed by atoms with van der Waals surface area (Å²) in [5.74, 6) is 0.399. The molecule has 6 heteroatoms. The van der Waals surface area contributed by atoms with Crippen molar-refractivity contribution in [2.75, 3.05) is 26.4 Å². The summed E-state index contributed by atoms with van der Waals surface area (Å²) in [6.07, 6.45) is 2.27. The monoisotopic (exact) mass is 610 g/mol. The Labute approximate surface area is 268 Å². The Balaban J connectivity index is 1.44. The summed E-state index contributed by atoms with van der Waals surface area (Å²) in [6, 6.07) is 36.0. The van der Waals surface area contributed by atoms with Gasteiger partial charge in [0.05, 0.1) is 5.41 Å². The van der Waals surface area contributed by atoms with Crippen LogP contribution in [-0.2, 0) is 24.5 Å². The van der Waals surface area contributed by atoms with Crippen LogP contribution >= 0.6 is 0 Å². The Morgan fingerprint density at radius 3 is 1.63 bits per heavy atom. The fraction of sp³-hybridized carbons (Fsp3) is 0.150. The number of carbonyl (C=O) groups is 2. The molecule has 0 saturated heterocycles. The number of hydrogen-bond donors (Lipinski definition) is 0. The minimum Gasteiger partial charge on any atom is -0.490 e. The quantitative estimate of drug-likeness (QED) is 0.0803. The maximum Gasteiger partial charge on any atom is 0.330 e. The topological polar surface area (TPSA) is 71.1 Å². The van der Waals surface area contributed by atoms with E-state index in [0.29, 0.717) is 11.5 Å². The third-order valence-corrected chi connectivity index (χ3v) is 8.26. The van der Waals surface area contributed by atoms with Crippen LogP contribution in [0.25, 0.3) is 21.9 Å². The molecule has 0 radical (unpaired) electrons. The van der Waals surface area contributed by atoms with E-state index >= 15 is 0 Å². The van der Waals surface area contributed by atoms with Crippen LogP contribution in [0.4, 0.5) is 0 Å². The van der Waals surface area contributed by atoms with Crippen LogP contribution < -0.4 is 9.47 Å². The zero-order chi connectivity index (χ0) is 32.1. The molecule has 0 aromatic heterocycles. The highest BCUT2D eigenvalue weighted by Crippen LogP contribution is 2.57. The van der Waals surface area contributed by atoms with Gasteiger partial charge in [0.15, 0.2) is 0 Å². The first-order valence-electron chi connectivity index (χ1n) is 15.1. The van der Waals surface area contributed by atoms with Crippen molar-refractivity contribution in [1.82, 2.24) is 0 Å². The molecule has 0 amide bonds. The van der Waals surface area contributed by atoms with Crippen LogP contribution in [0, 0.1) is 6.92 Å². The highest BCUT2D eigenvalue weighted by atomic mass is 16.6. The summed E-state index contributed by atoms with van der Waals surface area (Å²) in [4.78, 5) is 22.8. The van der Waals surface area contributed by atoms with E-state index in [9.17, 15) is 9.59 Å². The Kier molecular flexibility index (Phi) is 8.70. The number of rotatable bonds is 12. The minimum atomic E-state index is -0.628. The zero-order valence-electron chi connectivity index (χ0n) is 25.7. The predicted octanol–water partition coefficient (Wildman–Crippen LogP) is 7.73. The first-order chi connectivity index (χ1) is 22.4. The summed E-state index contributed by atoms with van der Waals surface area (Å²) in [6.45, 7) is 9.69. The van der Waals surface area contributed by atoms with Crippen molar-refractivity contribution in [2.45, 2.75) is 12.3 Å². The normalized spacial score (nSPS) is 12.5. The van der Waals surface area contributed by atoms with Crippen LogP contribution in [0.15, 0.2) is 128 Å². The summed E-state index contributed by atoms with van der Waals surface area (Å²) in [5, 5.41) is 2.35. The van der Waals surface area contributed by atoms with Gasteiger partial charge in [0, 0.05) is 12.2 Å². The van der Waals surface area contributed by atoms with Crippen LogP contribution in [0.1, 0.15) is 27.8 Å². The number of benzene rings is 5. The van der Waals surface area contributed by atoms with Crippen molar-refractivity contribution in [3.05, 3.63) is 156 Å². The molecule has 0 atom stereocenters. The van der Waals surface area contributed by atoms with Crippen molar-refractivity contribution >= 4 is 22.7 Å². The van der Waals surface area contributed by atoms with E-state index in [1.807, 2.05) is 24.3 Å². The fourth-order valence-corrected chi connectivity index (χ4v) is 6.23. The first-order valence-corrected chi connectivity index (χ1v) is 15.1. The average molecular weight is 611 g/mol. The standard InChI is InChI=1S/C40H34O6/c1-4-38(41)45-22-20-43-32-15-11-30(12-16-32)40(31-13-17-33(18-14-31)44-21-23-46-39(42)5-2)36-24-27(3)10-19-34(36)35-25-28-8-6-7-9-29(28)26-37(35)40/h4-19,24-26H,1-2,20-23H2,3H3. The number of esters is 2. The van der Waals surface area contributed by atoms with Gasteiger partial charge >= 0.3 is 11.9 Å². The second kappa shape index (κ2) is 13.2. The lowest BCUT2D eigenvalue weighted by Crippen LogP contribution is -2.28. The summed E-state index contributed by atoms with van der Waals surface area (Å²) >= 11 is 0. The van der Waals surface area contributed by atoms with E-state index < -0.39 is 17.4 Å². The van der Waals surface area contributed by atoms with Gasteiger partial charge < -0.3 is 18.9 Å². The van der Waals surface area contributed by atoms with Crippen LogP contribution in [-0.4, -0.2) is 38.4 Å². The Morgan fingerprint density at radius 2 is 1.11 bits per heavy atom. The van der Waals surface area contributed by atoms with Gasteiger partial charge in [-0.2, -0.15) is 0 Å². The highest BCUT2D eigenvalue weighted by molar-refractivity contribution is 5.96. The summed E-state index contributed by atoms with van der Waals surface area (Å²) in [5.41, 5.74) is 7.50. The zero-order valence-corrected chi connectivity index (χ0v) is 25.7. The molecule has 0 saturated carbocycles. The molecule has 5 aromatic rings. The second-order valence-corrected chi connectivity index (χ2v) is 11.0. The maximum absolute atomic E-state index is 11.4. The van der Waals surface area contributed by atoms with Gasteiger partial charge in [0.2, 0.25) is 0 Å². The van der Waals surface area contributed by atoms with Gasteiger partial charge in [-0.25, -0.2) is 9.59 Å². The second-order valence-electron chi connectivity index (χ2n) is 11.0. The third-order valence-electron chi connectivity index (χ3n) is 8.26. The molecule has 1 aliphatic rings. The first kappa shape index (κ1) is 30.4. The number of fused-ring (bicyclic) bond motifs is 4.